The molecule has 0 saturated carbocycles. The molecule has 0 aromatic heterocycles. The van der Waals surface area contributed by atoms with Gasteiger partial charge in [0.25, 0.3) is 0 Å². The second-order valence-electron chi connectivity index (χ2n) is 6.51. The molecule has 0 saturated heterocycles. The third-order valence-corrected chi connectivity index (χ3v) is 3.90. The van der Waals surface area contributed by atoms with Crippen LogP contribution in [0, 0.1) is 0 Å². The molecule has 4 nitrogen and oxygen atoms in total. The van der Waals surface area contributed by atoms with Crippen molar-refractivity contribution in [1.29, 1.82) is 0 Å². The van der Waals surface area contributed by atoms with Gasteiger partial charge >= 0.3 is 0 Å². The summed E-state index contributed by atoms with van der Waals surface area (Å²) < 4.78 is 0. The summed E-state index contributed by atoms with van der Waals surface area (Å²) in [4.78, 5) is 25.0. The van der Waals surface area contributed by atoms with Crippen molar-refractivity contribution in [2.24, 2.45) is 0 Å². The van der Waals surface area contributed by atoms with Gasteiger partial charge in [0.1, 0.15) is 5.70 Å². The molecule has 0 unspecified atom stereocenters. The molecule has 0 atom stereocenters. The maximum Gasteiger partial charge on any atom is 0.212 e. The summed E-state index contributed by atoms with van der Waals surface area (Å²) in [7, 11) is 0. The van der Waals surface area contributed by atoms with E-state index in [1.807, 2.05) is 45.9 Å². The monoisotopic (exact) mass is 324 g/mol. The normalized spacial score (nSPS) is 21.4. The van der Waals surface area contributed by atoms with E-state index in [2.05, 4.69) is 17.2 Å². The van der Waals surface area contributed by atoms with Gasteiger partial charge in [-0.25, -0.2) is 0 Å². The second kappa shape index (κ2) is 6.87. The van der Waals surface area contributed by atoms with E-state index in [0.717, 1.165) is 16.8 Å². The predicted molar refractivity (Wildman–Crippen MR) is 96.7 cm³/mol. The Kier molecular flexibility index (Phi) is 5.07. The van der Waals surface area contributed by atoms with Crippen LogP contribution in [0.15, 0.2) is 69.9 Å². The third kappa shape index (κ3) is 3.65. The lowest BCUT2D eigenvalue weighted by Crippen LogP contribution is -2.29. The molecule has 126 valence electrons. The van der Waals surface area contributed by atoms with E-state index in [0.29, 0.717) is 28.2 Å². The van der Waals surface area contributed by atoms with E-state index in [1.165, 1.54) is 0 Å². The zero-order valence-electron chi connectivity index (χ0n) is 15.0. The number of hydrogen-bond acceptors (Lipinski definition) is 4. The molecule has 0 aliphatic carbocycles. The van der Waals surface area contributed by atoms with Crippen LogP contribution in [-0.4, -0.2) is 11.6 Å². The fourth-order valence-electron chi connectivity index (χ4n) is 2.58. The molecule has 0 radical (unpaired) electrons. The molecule has 2 heterocycles. The van der Waals surface area contributed by atoms with Crippen LogP contribution < -0.4 is 10.6 Å². The Labute approximate surface area is 143 Å². The van der Waals surface area contributed by atoms with Gasteiger partial charge in [-0.1, -0.05) is 29.9 Å². The first-order valence-electron chi connectivity index (χ1n) is 7.96. The van der Waals surface area contributed by atoms with E-state index in [9.17, 15) is 9.59 Å². The Morgan fingerprint density at radius 2 is 1.79 bits per heavy atom. The molecule has 0 aromatic rings. The molecule has 0 fully saturated rings. The lowest BCUT2D eigenvalue weighted by molar-refractivity contribution is -0.115. The van der Waals surface area contributed by atoms with Crippen molar-refractivity contribution in [3.8, 4) is 0 Å². The minimum Gasteiger partial charge on any atom is -0.356 e. The standard InChI is InChI=1S/C20H24N2O2/c1-11(2)7-8-16-13(5)18(23)10-17(22-16)19-20(24)15(9-12(3)4)14(6)21-19/h7-9,21-22H,1,10H2,2-6H3/b8-7-,19-17+. The number of hydrogen-bond donors (Lipinski definition) is 2. The highest BCUT2D eigenvalue weighted by atomic mass is 16.1. The van der Waals surface area contributed by atoms with Gasteiger partial charge in [-0.15, -0.1) is 0 Å². The first-order valence-corrected chi connectivity index (χ1v) is 7.96. The summed E-state index contributed by atoms with van der Waals surface area (Å²) >= 11 is 0. The summed E-state index contributed by atoms with van der Waals surface area (Å²) in [6.07, 6.45) is 5.73. The van der Waals surface area contributed by atoms with Crippen molar-refractivity contribution >= 4 is 11.6 Å². The maximum atomic E-state index is 12.7. The highest BCUT2D eigenvalue weighted by Crippen LogP contribution is 2.27. The Morgan fingerprint density at radius 3 is 2.38 bits per heavy atom. The van der Waals surface area contributed by atoms with Crippen LogP contribution in [-0.2, 0) is 9.59 Å². The topological polar surface area (TPSA) is 58.2 Å². The van der Waals surface area contributed by atoms with E-state index in [-0.39, 0.29) is 18.0 Å². The maximum absolute atomic E-state index is 12.7. The molecule has 0 bridgehead atoms. The number of ketones is 2. The van der Waals surface area contributed by atoms with Gasteiger partial charge in [0, 0.05) is 22.5 Å². The summed E-state index contributed by atoms with van der Waals surface area (Å²) in [5, 5.41) is 6.37. The number of Topliss-reactive ketones (excluding diaryl/α,β-unsaturated/α-hetero) is 2. The van der Waals surface area contributed by atoms with Crippen molar-refractivity contribution in [3.05, 3.63) is 69.9 Å². The van der Waals surface area contributed by atoms with E-state index in [4.69, 9.17) is 0 Å². The van der Waals surface area contributed by atoms with Crippen LogP contribution in [0.3, 0.4) is 0 Å². The Balaban J connectivity index is 2.39. The minimum absolute atomic E-state index is 0.0144. The Hall–Kier alpha value is -2.62. The smallest absolute Gasteiger partial charge is 0.212 e. The summed E-state index contributed by atoms with van der Waals surface area (Å²) in [6.45, 7) is 13.3. The van der Waals surface area contributed by atoms with E-state index in [1.54, 1.807) is 6.92 Å². The number of carbonyl (C=O) groups excluding carboxylic acids is 2. The zero-order chi connectivity index (χ0) is 18.0. The lowest BCUT2D eigenvalue weighted by atomic mass is 9.98. The number of allylic oxidation sites excluding steroid dienone is 9. The van der Waals surface area contributed by atoms with Crippen LogP contribution in [0.25, 0.3) is 0 Å². The van der Waals surface area contributed by atoms with Crippen molar-refractivity contribution in [1.82, 2.24) is 10.6 Å². The number of nitrogens with one attached hydrogen (secondary N) is 2. The molecule has 0 aromatic carbocycles. The summed E-state index contributed by atoms with van der Waals surface area (Å²) in [5.74, 6) is -0.0627. The van der Waals surface area contributed by atoms with Gasteiger partial charge < -0.3 is 10.6 Å². The van der Waals surface area contributed by atoms with Gasteiger partial charge in [0.15, 0.2) is 5.78 Å². The van der Waals surface area contributed by atoms with Gasteiger partial charge in [-0.2, -0.15) is 0 Å². The largest absolute Gasteiger partial charge is 0.356 e. The number of rotatable bonds is 3. The first kappa shape index (κ1) is 17.7. The molecular formula is C20H24N2O2. The zero-order valence-corrected chi connectivity index (χ0v) is 15.0. The quantitative estimate of drug-likeness (QED) is 0.615. The SMILES string of the molecule is C=C(C)/C=C\C1=C(C)C(=O)C/C(=C2\NC(C)=C(C=C(C)C)C2=O)N1. The van der Waals surface area contributed by atoms with Crippen LogP contribution in [0.1, 0.15) is 41.0 Å². The first-order chi connectivity index (χ1) is 11.2. The average molecular weight is 324 g/mol. The van der Waals surface area contributed by atoms with Gasteiger partial charge in [0.05, 0.1) is 12.1 Å². The highest BCUT2D eigenvalue weighted by Gasteiger charge is 2.30. The van der Waals surface area contributed by atoms with Crippen molar-refractivity contribution in [2.75, 3.05) is 0 Å². The molecule has 4 heteroatoms. The predicted octanol–water partition coefficient (Wildman–Crippen LogP) is 3.58. The van der Waals surface area contributed by atoms with E-state index >= 15 is 0 Å². The van der Waals surface area contributed by atoms with E-state index < -0.39 is 0 Å². The molecule has 2 aliphatic heterocycles. The van der Waals surface area contributed by atoms with Gasteiger partial charge in [-0.05, 0) is 40.7 Å². The molecule has 24 heavy (non-hydrogen) atoms. The average Bonchev–Trinajstić information content (AvgIpc) is 2.76. The van der Waals surface area contributed by atoms with Crippen molar-refractivity contribution in [3.63, 3.8) is 0 Å². The fraction of sp³-hybridized carbons (Fsp3) is 0.300. The van der Waals surface area contributed by atoms with Gasteiger partial charge in [0.2, 0.25) is 5.78 Å². The van der Waals surface area contributed by atoms with Gasteiger partial charge in [-0.3, -0.25) is 9.59 Å². The third-order valence-electron chi connectivity index (χ3n) is 3.90. The summed E-state index contributed by atoms with van der Waals surface area (Å²) in [5.41, 5.74) is 5.86. The van der Waals surface area contributed by atoms with Crippen molar-refractivity contribution in [2.45, 2.75) is 41.0 Å². The van der Waals surface area contributed by atoms with Crippen LogP contribution >= 0.6 is 0 Å². The lowest BCUT2D eigenvalue weighted by Gasteiger charge is -2.21. The van der Waals surface area contributed by atoms with Crippen LogP contribution in [0.2, 0.25) is 0 Å². The fourth-order valence-corrected chi connectivity index (χ4v) is 2.58. The molecule has 0 spiro atoms. The molecular weight excluding hydrogens is 300 g/mol. The second-order valence-corrected chi connectivity index (χ2v) is 6.51. The van der Waals surface area contributed by atoms with Crippen LogP contribution in [0.4, 0.5) is 0 Å². The number of carbonyl (C=O) groups is 2. The molecule has 2 rings (SSSR count). The van der Waals surface area contributed by atoms with Crippen molar-refractivity contribution < 1.29 is 9.59 Å². The Bertz CT molecular complexity index is 782. The highest BCUT2D eigenvalue weighted by molar-refractivity contribution is 6.14. The molecule has 2 N–H and O–H groups in total. The minimum atomic E-state index is -0.0771. The molecule has 0 amide bonds. The molecule has 2 aliphatic rings. The van der Waals surface area contributed by atoms with Crippen LogP contribution in [0.5, 0.6) is 0 Å². The Morgan fingerprint density at radius 1 is 1.12 bits per heavy atom. The summed E-state index contributed by atoms with van der Waals surface area (Å²) in [6, 6.07) is 0.